The first-order chi connectivity index (χ1) is 15.0. The SMILES string of the molecule is O=C1[C@@H]2[C@H]3CCCN3[C@@]3(C(=O)Nc4ccccc43)[C@@H]2C(=O)N1c1ccc([N+](=O)[O-])cc1. The van der Waals surface area contributed by atoms with E-state index in [1.54, 1.807) is 0 Å². The average molecular weight is 418 g/mol. The van der Waals surface area contributed by atoms with Crippen molar-refractivity contribution in [3.05, 3.63) is 64.2 Å². The summed E-state index contributed by atoms with van der Waals surface area (Å²) in [5.74, 6) is -2.48. The third-order valence-electron chi connectivity index (χ3n) is 7.22. The Balaban J connectivity index is 1.50. The van der Waals surface area contributed by atoms with Crippen LogP contribution in [0.5, 0.6) is 0 Å². The Hall–Kier alpha value is -3.59. The van der Waals surface area contributed by atoms with Crippen molar-refractivity contribution >= 4 is 34.8 Å². The number of hydrogen-bond donors (Lipinski definition) is 1. The van der Waals surface area contributed by atoms with Crippen LogP contribution in [0.15, 0.2) is 48.5 Å². The maximum absolute atomic E-state index is 13.7. The molecule has 4 aliphatic rings. The van der Waals surface area contributed by atoms with Crippen molar-refractivity contribution in [3.63, 3.8) is 0 Å². The number of imide groups is 1. The first kappa shape index (κ1) is 18.2. The van der Waals surface area contributed by atoms with Crippen LogP contribution < -0.4 is 10.2 Å². The van der Waals surface area contributed by atoms with E-state index in [0.717, 1.165) is 23.3 Å². The van der Waals surface area contributed by atoms with Crippen molar-refractivity contribution in [1.82, 2.24) is 4.90 Å². The number of nitro benzene ring substituents is 1. The predicted octanol–water partition coefficient (Wildman–Crippen LogP) is 2.03. The van der Waals surface area contributed by atoms with Gasteiger partial charge in [0.1, 0.15) is 5.54 Å². The summed E-state index contributed by atoms with van der Waals surface area (Å²) in [5, 5.41) is 13.9. The predicted molar refractivity (Wildman–Crippen MR) is 109 cm³/mol. The van der Waals surface area contributed by atoms with E-state index in [2.05, 4.69) is 10.2 Å². The van der Waals surface area contributed by atoms with Gasteiger partial charge >= 0.3 is 0 Å². The summed E-state index contributed by atoms with van der Waals surface area (Å²) in [6, 6.07) is 12.5. The van der Waals surface area contributed by atoms with Crippen molar-refractivity contribution in [1.29, 1.82) is 0 Å². The van der Waals surface area contributed by atoms with Gasteiger partial charge in [0.25, 0.3) is 5.69 Å². The number of nitrogens with one attached hydrogen (secondary N) is 1. The number of benzene rings is 2. The van der Waals surface area contributed by atoms with Crippen molar-refractivity contribution in [2.45, 2.75) is 24.4 Å². The third-order valence-corrected chi connectivity index (χ3v) is 7.22. The second-order valence-electron chi connectivity index (χ2n) is 8.46. The zero-order valence-electron chi connectivity index (χ0n) is 16.4. The minimum absolute atomic E-state index is 0.120. The summed E-state index contributed by atoms with van der Waals surface area (Å²) < 4.78 is 0. The molecule has 2 aromatic rings. The van der Waals surface area contributed by atoms with Crippen LogP contribution in [-0.4, -0.2) is 40.1 Å². The number of rotatable bonds is 2. The number of anilines is 2. The van der Waals surface area contributed by atoms with Gasteiger partial charge in [0.05, 0.1) is 22.4 Å². The molecule has 156 valence electrons. The van der Waals surface area contributed by atoms with E-state index < -0.39 is 28.2 Å². The van der Waals surface area contributed by atoms with Gasteiger partial charge in [-0.05, 0) is 37.6 Å². The van der Waals surface area contributed by atoms with Crippen LogP contribution in [0.25, 0.3) is 0 Å². The number of non-ortho nitro benzene ring substituents is 1. The highest BCUT2D eigenvalue weighted by Crippen LogP contribution is 2.60. The number of amides is 3. The lowest BCUT2D eigenvalue weighted by molar-refractivity contribution is -0.384. The molecule has 4 aliphatic heterocycles. The first-order valence-corrected chi connectivity index (χ1v) is 10.3. The van der Waals surface area contributed by atoms with Gasteiger partial charge in [-0.3, -0.25) is 29.4 Å². The standard InChI is InChI=1S/C22H18N4O5/c27-19-17-16-6-3-11-24(16)22(14-4-1-2-5-15(14)23-21(22)29)18(17)20(28)25(19)12-7-9-13(10-8-12)26(30)31/h1-2,4-5,7-10,16-18H,3,6,11H2,(H,23,29)/t16-,17-,18+,22-/m1/s1. The Kier molecular flexibility index (Phi) is 3.51. The highest BCUT2D eigenvalue weighted by atomic mass is 16.6. The topological polar surface area (TPSA) is 113 Å². The fourth-order valence-corrected chi connectivity index (χ4v) is 6.14. The molecule has 3 saturated heterocycles. The van der Waals surface area contributed by atoms with Gasteiger partial charge in [-0.25, -0.2) is 4.90 Å². The van der Waals surface area contributed by atoms with Gasteiger partial charge in [-0.15, -0.1) is 0 Å². The number of fused-ring (bicyclic) bond motifs is 7. The Labute approximate surface area is 176 Å². The maximum Gasteiger partial charge on any atom is 0.269 e. The Morgan fingerprint density at radius 2 is 1.77 bits per heavy atom. The first-order valence-electron chi connectivity index (χ1n) is 10.3. The molecule has 4 heterocycles. The zero-order chi connectivity index (χ0) is 21.5. The van der Waals surface area contributed by atoms with Crippen molar-refractivity contribution in [2.24, 2.45) is 11.8 Å². The van der Waals surface area contributed by atoms with Crippen LogP contribution in [0.2, 0.25) is 0 Å². The normalized spacial score (nSPS) is 31.2. The van der Waals surface area contributed by atoms with Gasteiger partial charge in [0.2, 0.25) is 17.7 Å². The van der Waals surface area contributed by atoms with E-state index in [0.29, 0.717) is 17.9 Å². The molecule has 3 fully saturated rings. The van der Waals surface area contributed by atoms with Crippen LogP contribution in [0.1, 0.15) is 18.4 Å². The number of carbonyl (C=O) groups is 3. The fourth-order valence-electron chi connectivity index (χ4n) is 6.14. The van der Waals surface area contributed by atoms with Crippen LogP contribution in [0, 0.1) is 22.0 Å². The minimum atomic E-state index is -1.20. The van der Waals surface area contributed by atoms with Crippen molar-refractivity contribution in [3.8, 4) is 0 Å². The zero-order valence-corrected chi connectivity index (χ0v) is 16.4. The van der Waals surface area contributed by atoms with Crippen LogP contribution >= 0.6 is 0 Å². The number of nitrogens with zero attached hydrogens (tertiary/aromatic N) is 3. The number of nitro groups is 1. The molecule has 0 aliphatic carbocycles. The van der Waals surface area contributed by atoms with Gasteiger partial charge in [-0.1, -0.05) is 18.2 Å². The molecule has 0 radical (unpaired) electrons. The quantitative estimate of drug-likeness (QED) is 0.454. The van der Waals surface area contributed by atoms with Crippen LogP contribution in [0.4, 0.5) is 17.1 Å². The minimum Gasteiger partial charge on any atom is -0.324 e. The monoisotopic (exact) mass is 418 g/mol. The van der Waals surface area contributed by atoms with E-state index >= 15 is 0 Å². The molecule has 1 spiro atoms. The molecule has 4 atom stereocenters. The molecule has 31 heavy (non-hydrogen) atoms. The van der Waals surface area contributed by atoms with Gasteiger partial charge in [0, 0.05) is 29.4 Å². The van der Waals surface area contributed by atoms with Crippen LogP contribution in [-0.2, 0) is 19.9 Å². The largest absolute Gasteiger partial charge is 0.324 e. The summed E-state index contributed by atoms with van der Waals surface area (Å²) in [6.07, 6.45) is 1.59. The van der Waals surface area contributed by atoms with Gasteiger partial charge in [0.15, 0.2) is 0 Å². The Bertz CT molecular complexity index is 1180. The number of hydrogen-bond acceptors (Lipinski definition) is 6. The number of carbonyl (C=O) groups excluding carboxylic acids is 3. The lowest BCUT2D eigenvalue weighted by Gasteiger charge is -2.36. The van der Waals surface area contributed by atoms with E-state index in [1.165, 1.54) is 24.3 Å². The van der Waals surface area contributed by atoms with Gasteiger partial charge in [-0.2, -0.15) is 0 Å². The lowest BCUT2D eigenvalue weighted by Crippen LogP contribution is -2.54. The Morgan fingerprint density at radius 1 is 1.03 bits per heavy atom. The summed E-state index contributed by atoms with van der Waals surface area (Å²) in [5.41, 5.74) is 0.385. The second kappa shape index (κ2) is 5.98. The summed E-state index contributed by atoms with van der Waals surface area (Å²) >= 11 is 0. The molecule has 9 nitrogen and oxygen atoms in total. The van der Waals surface area contributed by atoms with Crippen molar-refractivity contribution in [2.75, 3.05) is 16.8 Å². The highest BCUT2D eigenvalue weighted by Gasteiger charge is 2.74. The van der Waals surface area contributed by atoms with E-state index in [4.69, 9.17) is 0 Å². The maximum atomic E-state index is 13.7. The second-order valence-corrected chi connectivity index (χ2v) is 8.46. The van der Waals surface area contributed by atoms with E-state index in [1.807, 2.05) is 24.3 Å². The fraction of sp³-hybridized carbons (Fsp3) is 0.318. The molecule has 1 N–H and O–H groups in total. The van der Waals surface area contributed by atoms with Crippen LogP contribution in [0.3, 0.4) is 0 Å². The molecule has 9 heteroatoms. The average Bonchev–Trinajstić information content (AvgIpc) is 3.46. The molecule has 0 unspecified atom stereocenters. The molecular formula is C22H18N4O5. The molecule has 3 amide bonds. The number of para-hydroxylation sites is 1. The smallest absolute Gasteiger partial charge is 0.269 e. The Morgan fingerprint density at radius 3 is 2.52 bits per heavy atom. The molecule has 0 aromatic heterocycles. The van der Waals surface area contributed by atoms with E-state index in [-0.39, 0.29) is 23.5 Å². The van der Waals surface area contributed by atoms with Gasteiger partial charge < -0.3 is 5.32 Å². The van der Waals surface area contributed by atoms with E-state index in [9.17, 15) is 24.5 Å². The summed E-state index contributed by atoms with van der Waals surface area (Å²) in [7, 11) is 0. The molecule has 2 aromatic carbocycles. The summed E-state index contributed by atoms with van der Waals surface area (Å²) in [4.78, 5) is 54.3. The van der Waals surface area contributed by atoms with Crippen molar-refractivity contribution < 1.29 is 19.3 Å². The lowest BCUT2D eigenvalue weighted by atomic mass is 9.75. The molecule has 0 saturated carbocycles. The highest BCUT2D eigenvalue weighted by molar-refractivity contribution is 6.25. The molecule has 0 bridgehead atoms. The third kappa shape index (κ3) is 2.06. The molecule has 6 rings (SSSR count). The molecular weight excluding hydrogens is 400 g/mol. The summed E-state index contributed by atoms with van der Waals surface area (Å²) in [6.45, 7) is 0.650.